The first-order valence-electron chi connectivity index (χ1n) is 7.47. The zero-order valence-electron chi connectivity index (χ0n) is 13.2. The van der Waals surface area contributed by atoms with Gasteiger partial charge in [-0.1, -0.05) is 11.6 Å². The normalized spacial score (nSPS) is 15.0. The summed E-state index contributed by atoms with van der Waals surface area (Å²) in [6.07, 6.45) is -2.33. The first kappa shape index (κ1) is 20.0. The lowest BCUT2D eigenvalue weighted by Gasteiger charge is -2.22. The number of carbonyl (C=O) groups is 2. The number of rotatable bonds is 4. The minimum atomic E-state index is -5.34. The van der Waals surface area contributed by atoms with E-state index in [-0.39, 0.29) is 21.8 Å². The molecular weight excluding hydrogens is 382 g/mol. The summed E-state index contributed by atoms with van der Waals surface area (Å²) < 4.78 is 57.5. The maximum absolute atomic E-state index is 14.2. The number of primary amides is 1. The van der Waals surface area contributed by atoms with E-state index in [1.54, 1.807) is 0 Å². The second-order valence-corrected chi connectivity index (χ2v) is 6.02. The van der Waals surface area contributed by atoms with E-state index in [0.717, 1.165) is 18.9 Å². The number of anilines is 1. The van der Waals surface area contributed by atoms with Crippen molar-refractivity contribution in [3.63, 3.8) is 0 Å². The van der Waals surface area contributed by atoms with Gasteiger partial charge in [0.15, 0.2) is 0 Å². The molecule has 0 bridgehead atoms. The lowest BCUT2D eigenvalue weighted by Crippen LogP contribution is -2.48. The van der Waals surface area contributed by atoms with Crippen LogP contribution in [0.1, 0.15) is 25.7 Å². The number of urea groups is 1. The zero-order chi connectivity index (χ0) is 19.6. The Kier molecular flexibility index (Phi) is 5.74. The Morgan fingerprint density at radius 2 is 1.85 bits per heavy atom. The molecule has 0 aliphatic heterocycles. The highest BCUT2D eigenvalue weighted by Gasteiger charge is 2.43. The summed E-state index contributed by atoms with van der Waals surface area (Å²) in [5.41, 5.74) is 1.68. The highest BCUT2D eigenvalue weighted by molar-refractivity contribution is 6.48. The third kappa shape index (κ3) is 4.24. The number of nitrogens with zero attached hydrogens (tertiary/aromatic N) is 1. The van der Waals surface area contributed by atoms with Crippen LogP contribution in [0.3, 0.4) is 0 Å². The zero-order valence-corrected chi connectivity index (χ0v) is 14.0. The topological polar surface area (TPSA) is 96.5 Å². The van der Waals surface area contributed by atoms with Gasteiger partial charge in [-0.15, -0.1) is 0 Å². The van der Waals surface area contributed by atoms with Crippen LogP contribution >= 0.6 is 11.6 Å². The molecule has 0 saturated heterocycles. The number of ether oxygens (including phenoxy) is 1. The minimum absolute atomic E-state index is 0.104. The molecule has 3 amide bonds. The number of imide groups is 1. The second-order valence-electron chi connectivity index (χ2n) is 5.61. The number of nitrogens with two attached hydrogens (primary N) is 1. The molecule has 0 atom stereocenters. The highest BCUT2D eigenvalue weighted by atomic mass is 35.5. The van der Waals surface area contributed by atoms with Gasteiger partial charge >= 0.3 is 12.2 Å². The third-order valence-corrected chi connectivity index (χ3v) is 4.05. The van der Waals surface area contributed by atoms with Gasteiger partial charge in [0.2, 0.25) is 5.71 Å². The fourth-order valence-corrected chi connectivity index (χ4v) is 2.72. The van der Waals surface area contributed by atoms with Gasteiger partial charge in [0.05, 0.1) is 16.8 Å². The van der Waals surface area contributed by atoms with Gasteiger partial charge in [0.25, 0.3) is 5.91 Å². The van der Waals surface area contributed by atoms with Crippen molar-refractivity contribution in [2.75, 3.05) is 4.90 Å². The van der Waals surface area contributed by atoms with Crippen molar-refractivity contribution in [1.82, 2.24) is 0 Å². The van der Waals surface area contributed by atoms with Crippen LogP contribution in [0.5, 0.6) is 5.75 Å². The van der Waals surface area contributed by atoms with Crippen LogP contribution in [0.15, 0.2) is 12.1 Å². The Labute approximate surface area is 150 Å². The fourth-order valence-electron chi connectivity index (χ4n) is 2.53. The molecule has 1 aromatic carbocycles. The first-order chi connectivity index (χ1) is 12.0. The van der Waals surface area contributed by atoms with Crippen LogP contribution in [-0.2, 0) is 4.79 Å². The molecule has 1 fully saturated rings. The number of carbonyl (C=O) groups excluding carboxylic acids is 2. The number of alkyl halides is 3. The lowest BCUT2D eigenvalue weighted by atomic mass is 10.2. The van der Waals surface area contributed by atoms with Gasteiger partial charge in [-0.3, -0.25) is 10.2 Å². The summed E-state index contributed by atoms with van der Waals surface area (Å²) in [5, 5.41) is 6.68. The number of nitrogens with one attached hydrogen (secondary N) is 1. The molecule has 2 rings (SSSR count). The molecule has 0 unspecified atom stereocenters. The van der Waals surface area contributed by atoms with Crippen molar-refractivity contribution in [3.8, 4) is 5.75 Å². The van der Waals surface area contributed by atoms with Crippen molar-refractivity contribution in [1.29, 1.82) is 5.41 Å². The number of hydrogen-bond acceptors (Lipinski definition) is 4. The van der Waals surface area contributed by atoms with E-state index in [1.807, 2.05) is 0 Å². The molecule has 1 aliphatic carbocycles. The van der Waals surface area contributed by atoms with Gasteiger partial charge in [-0.05, 0) is 31.7 Å². The number of amides is 3. The van der Waals surface area contributed by atoms with Gasteiger partial charge in [0, 0.05) is 6.07 Å². The molecular formula is C15H14ClF4N3O3. The van der Waals surface area contributed by atoms with Crippen molar-refractivity contribution < 1.29 is 31.9 Å². The minimum Gasteiger partial charge on any atom is -0.489 e. The monoisotopic (exact) mass is 395 g/mol. The molecule has 3 N–H and O–H groups in total. The van der Waals surface area contributed by atoms with E-state index in [9.17, 15) is 27.2 Å². The Hall–Kier alpha value is -2.36. The van der Waals surface area contributed by atoms with E-state index in [0.29, 0.717) is 18.9 Å². The second kappa shape index (κ2) is 7.48. The molecule has 0 heterocycles. The smallest absolute Gasteiger partial charge is 0.438 e. The van der Waals surface area contributed by atoms with Gasteiger partial charge < -0.3 is 10.5 Å². The summed E-state index contributed by atoms with van der Waals surface area (Å²) in [4.78, 5) is 23.1. The number of halogens is 5. The van der Waals surface area contributed by atoms with E-state index >= 15 is 0 Å². The molecule has 26 heavy (non-hydrogen) atoms. The van der Waals surface area contributed by atoms with Crippen LogP contribution in [0.2, 0.25) is 5.02 Å². The maximum Gasteiger partial charge on any atom is 0.438 e. The first-order valence-corrected chi connectivity index (χ1v) is 7.85. The van der Waals surface area contributed by atoms with Crippen LogP contribution in [0.25, 0.3) is 0 Å². The predicted octanol–water partition coefficient (Wildman–Crippen LogP) is 3.79. The standard InChI is InChI=1S/C15H14ClF4N3O3/c16-8-5-9(17)10(6-11(8)26-7-3-1-2-4-7)23(14(22)25)13(24)12(21)15(18,19)20/h5-7,21H,1-4H2,(H2,22,25). The molecule has 1 aliphatic rings. The molecule has 142 valence electrons. The predicted molar refractivity (Wildman–Crippen MR) is 85.1 cm³/mol. The summed E-state index contributed by atoms with van der Waals surface area (Å²) in [6.45, 7) is 0. The molecule has 11 heteroatoms. The van der Waals surface area contributed by atoms with Gasteiger partial charge in [0.1, 0.15) is 11.6 Å². The SMILES string of the molecule is N=C(C(=O)N(C(N)=O)c1cc(OC2CCCC2)c(Cl)cc1F)C(F)(F)F. The Morgan fingerprint density at radius 3 is 2.35 bits per heavy atom. The molecule has 0 radical (unpaired) electrons. The molecule has 1 saturated carbocycles. The van der Waals surface area contributed by atoms with Crippen molar-refractivity contribution in [2.45, 2.75) is 38.0 Å². The van der Waals surface area contributed by atoms with Crippen LogP contribution < -0.4 is 15.4 Å². The number of benzene rings is 1. The summed E-state index contributed by atoms with van der Waals surface area (Å²) in [5.74, 6) is -3.48. The van der Waals surface area contributed by atoms with E-state index < -0.39 is 35.3 Å². The average molecular weight is 396 g/mol. The lowest BCUT2D eigenvalue weighted by molar-refractivity contribution is -0.116. The Balaban J connectivity index is 2.43. The van der Waals surface area contributed by atoms with E-state index in [2.05, 4.69) is 0 Å². The van der Waals surface area contributed by atoms with Crippen LogP contribution in [0.4, 0.5) is 28.0 Å². The largest absolute Gasteiger partial charge is 0.489 e. The summed E-state index contributed by atoms with van der Waals surface area (Å²) >= 11 is 5.87. The van der Waals surface area contributed by atoms with Crippen LogP contribution in [-0.4, -0.2) is 29.9 Å². The summed E-state index contributed by atoms with van der Waals surface area (Å²) in [6, 6.07) is -0.166. The van der Waals surface area contributed by atoms with Crippen molar-refractivity contribution >= 4 is 34.9 Å². The fraction of sp³-hybridized carbons (Fsp3) is 0.400. The summed E-state index contributed by atoms with van der Waals surface area (Å²) in [7, 11) is 0. The van der Waals surface area contributed by atoms with Crippen molar-refractivity contribution in [2.24, 2.45) is 5.73 Å². The molecule has 0 aromatic heterocycles. The van der Waals surface area contributed by atoms with Gasteiger partial charge in [-0.25, -0.2) is 14.1 Å². The third-order valence-electron chi connectivity index (χ3n) is 3.76. The highest BCUT2D eigenvalue weighted by Crippen LogP contribution is 2.35. The molecule has 6 nitrogen and oxygen atoms in total. The Bertz CT molecular complexity index is 748. The van der Waals surface area contributed by atoms with Crippen molar-refractivity contribution in [3.05, 3.63) is 23.0 Å². The van der Waals surface area contributed by atoms with E-state index in [1.165, 1.54) is 0 Å². The number of hydrogen-bond donors (Lipinski definition) is 2. The Morgan fingerprint density at radius 1 is 1.27 bits per heavy atom. The van der Waals surface area contributed by atoms with E-state index in [4.69, 9.17) is 27.5 Å². The van der Waals surface area contributed by atoms with Crippen LogP contribution in [0, 0.1) is 11.2 Å². The quantitative estimate of drug-likeness (QED) is 0.599. The average Bonchev–Trinajstić information content (AvgIpc) is 3.02. The van der Waals surface area contributed by atoms with Gasteiger partial charge in [-0.2, -0.15) is 13.2 Å². The molecule has 1 aromatic rings. The maximum atomic E-state index is 14.2. The molecule has 0 spiro atoms.